The predicted molar refractivity (Wildman–Crippen MR) is 122 cm³/mol. The molecule has 1 atom stereocenters. The molecule has 0 radical (unpaired) electrons. The lowest BCUT2D eigenvalue weighted by Gasteiger charge is -2.34. The van der Waals surface area contributed by atoms with Crippen LogP contribution < -0.4 is 15.4 Å². The average molecular weight is 437 g/mol. The van der Waals surface area contributed by atoms with E-state index in [1.54, 1.807) is 6.07 Å². The first-order valence-electron chi connectivity index (χ1n) is 10.5. The molecule has 4 rings (SSSR count). The Labute approximate surface area is 186 Å². The Morgan fingerprint density at radius 1 is 1.12 bits per heavy atom. The molecule has 2 aromatic carbocycles. The number of hydrogen-bond donors (Lipinski definition) is 3. The number of Topliss-reactive ketones (excluding diaryl/α,β-unsaturated/α-hetero) is 1. The summed E-state index contributed by atoms with van der Waals surface area (Å²) in [4.78, 5) is 24.3. The molecular formula is C24H27N3O5. The van der Waals surface area contributed by atoms with E-state index in [1.807, 2.05) is 26.0 Å². The maximum Gasteiger partial charge on any atom is 0.315 e. The summed E-state index contributed by atoms with van der Waals surface area (Å²) in [6.07, 6.45) is 1.04. The number of nitro groups is 1. The second kappa shape index (κ2) is 7.55. The number of phenols is 1. The van der Waals surface area contributed by atoms with Crippen molar-refractivity contribution in [3.05, 3.63) is 62.3 Å². The molecule has 32 heavy (non-hydrogen) atoms. The van der Waals surface area contributed by atoms with Crippen molar-refractivity contribution in [3.63, 3.8) is 0 Å². The van der Waals surface area contributed by atoms with Gasteiger partial charge in [-0.25, -0.2) is 0 Å². The molecule has 0 saturated carbocycles. The van der Waals surface area contributed by atoms with Gasteiger partial charge in [0.15, 0.2) is 11.5 Å². The first-order chi connectivity index (χ1) is 15.0. The third kappa shape index (κ3) is 3.66. The molecule has 0 bridgehead atoms. The van der Waals surface area contributed by atoms with Crippen LogP contribution in [-0.4, -0.2) is 22.9 Å². The van der Waals surface area contributed by atoms with Gasteiger partial charge in [-0.3, -0.25) is 14.9 Å². The Morgan fingerprint density at radius 2 is 1.78 bits per heavy atom. The van der Waals surface area contributed by atoms with Crippen LogP contribution in [0, 0.1) is 29.4 Å². The van der Waals surface area contributed by atoms with Gasteiger partial charge in [0, 0.05) is 23.8 Å². The van der Waals surface area contributed by atoms with Crippen LogP contribution in [0.1, 0.15) is 49.4 Å². The van der Waals surface area contributed by atoms with E-state index in [-0.39, 0.29) is 16.9 Å². The summed E-state index contributed by atoms with van der Waals surface area (Å²) in [6, 6.07) is 6.25. The molecule has 8 heteroatoms. The van der Waals surface area contributed by atoms with Gasteiger partial charge in [0.1, 0.15) is 0 Å². The average Bonchev–Trinajstić information content (AvgIpc) is 2.84. The normalized spacial score (nSPS) is 19.3. The van der Waals surface area contributed by atoms with Crippen LogP contribution in [0.4, 0.5) is 17.1 Å². The van der Waals surface area contributed by atoms with Crippen LogP contribution in [0.5, 0.6) is 11.5 Å². The van der Waals surface area contributed by atoms with Crippen LogP contribution in [0.2, 0.25) is 0 Å². The number of methoxy groups -OCH3 is 1. The third-order valence-corrected chi connectivity index (χ3v) is 6.26. The fourth-order valence-corrected chi connectivity index (χ4v) is 4.54. The van der Waals surface area contributed by atoms with Crippen molar-refractivity contribution in [2.24, 2.45) is 5.41 Å². The summed E-state index contributed by atoms with van der Waals surface area (Å²) < 4.78 is 5.20. The van der Waals surface area contributed by atoms with Crippen molar-refractivity contribution in [2.75, 3.05) is 17.7 Å². The summed E-state index contributed by atoms with van der Waals surface area (Å²) >= 11 is 0. The SMILES string of the molecule is COc1cc([C@@H]2Nc3cc(C)c(C)cc3NC3=C2C(=O)CC(C)(C)C3)cc([N+](=O)[O-])c1O. The number of aryl methyl sites for hydroxylation is 2. The number of fused-ring (bicyclic) bond motifs is 1. The van der Waals surface area contributed by atoms with Gasteiger partial charge in [-0.15, -0.1) is 0 Å². The van der Waals surface area contributed by atoms with Crippen LogP contribution in [-0.2, 0) is 4.79 Å². The molecule has 1 aliphatic carbocycles. The highest BCUT2D eigenvalue weighted by atomic mass is 16.6. The zero-order valence-electron chi connectivity index (χ0n) is 18.8. The van der Waals surface area contributed by atoms with Gasteiger partial charge < -0.3 is 20.5 Å². The smallest absolute Gasteiger partial charge is 0.315 e. The van der Waals surface area contributed by atoms with Gasteiger partial charge in [0.2, 0.25) is 5.75 Å². The highest BCUT2D eigenvalue weighted by Gasteiger charge is 2.39. The van der Waals surface area contributed by atoms with Gasteiger partial charge in [0.25, 0.3) is 0 Å². The first kappa shape index (κ1) is 21.7. The van der Waals surface area contributed by atoms with E-state index in [0.29, 0.717) is 24.0 Å². The van der Waals surface area contributed by atoms with Crippen molar-refractivity contribution in [2.45, 2.75) is 46.6 Å². The Kier molecular flexibility index (Phi) is 5.11. The second-order valence-electron chi connectivity index (χ2n) is 9.37. The standard InChI is InChI=1S/C24H27N3O5/c1-12-6-15-16(7-13(12)2)26-22(21-17(25-15)10-24(3,4)11-19(21)28)14-8-18(27(30)31)23(29)20(9-14)32-5/h6-9,22,25-26,29H,10-11H2,1-5H3/t22-/m0/s1. The molecule has 168 valence electrons. The molecule has 2 aromatic rings. The van der Waals surface area contributed by atoms with Gasteiger partial charge in [0.05, 0.1) is 29.4 Å². The highest BCUT2D eigenvalue weighted by Crippen LogP contribution is 2.48. The summed E-state index contributed by atoms with van der Waals surface area (Å²) in [5.41, 5.74) is 5.00. The zero-order valence-corrected chi connectivity index (χ0v) is 18.8. The van der Waals surface area contributed by atoms with E-state index in [9.17, 15) is 20.0 Å². The van der Waals surface area contributed by atoms with E-state index >= 15 is 0 Å². The molecule has 3 N–H and O–H groups in total. The van der Waals surface area contributed by atoms with E-state index in [1.165, 1.54) is 13.2 Å². The number of aromatic hydroxyl groups is 1. The second-order valence-corrected chi connectivity index (χ2v) is 9.37. The number of carbonyl (C=O) groups excluding carboxylic acids is 1. The number of allylic oxidation sites excluding steroid dienone is 1. The largest absolute Gasteiger partial charge is 0.500 e. The Morgan fingerprint density at radius 3 is 2.41 bits per heavy atom. The van der Waals surface area contributed by atoms with Crippen LogP contribution in [0.15, 0.2) is 35.5 Å². The maximum atomic E-state index is 13.4. The summed E-state index contributed by atoms with van der Waals surface area (Å²) in [5.74, 6) is -0.568. The lowest BCUT2D eigenvalue weighted by molar-refractivity contribution is -0.386. The van der Waals surface area contributed by atoms with Crippen molar-refractivity contribution < 1.29 is 19.6 Å². The number of hydrogen-bond acceptors (Lipinski definition) is 7. The summed E-state index contributed by atoms with van der Waals surface area (Å²) in [7, 11) is 1.34. The molecule has 0 spiro atoms. The number of nitrogens with one attached hydrogen (secondary N) is 2. The molecule has 1 aliphatic heterocycles. The Bertz CT molecular complexity index is 1180. The van der Waals surface area contributed by atoms with Crippen molar-refractivity contribution in [3.8, 4) is 11.5 Å². The summed E-state index contributed by atoms with van der Waals surface area (Å²) in [5, 5.41) is 28.7. The molecule has 0 aromatic heterocycles. The van der Waals surface area contributed by atoms with Gasteiger partial charge in [-0.1, -0.05) is 13.8 Å². The molecule has 0 saturated heterocycles. The van der Waals surface area contributed by atoms with Gasteiger partial charge in [-0.05, 0) is 60.6 Å². The monoisotopic (exact) mass is 437 g/mol. The number of phenolic OH excluding ortho intramolecular Hbond substituents is 1. The number of anilines is 2. The van der Waals surface area contributed by atoms with Crippen LogP contribution >= 0.6 is 0 Å². The molecule has 0 amide bonds. The number of ketones is 1. The minimum atomic E-state index is -0.654. The van der Waals surface area contributed by atoms with Crippen molar-refractivity contribution in [1.82, 2.24) is 0 Å². The van der Waals surface area contributed by atoms with E-state index in [0.717, 1.165) is 28.2 Å². The van der Waals surface area contributed by atoms with E-state index in [4.69, 9.17) is 4.74 Å². The number of benzene rings is 2. The Balaban J connectivity index is 1.97. The number of ether oxygens (including phenoxy) is 1. The summed E-state index contributed by atoms with van der Waals surface area (Å²) in [6.45, 7) is 8.14. The first-order valence-corrected chi connectivity index (χ1v) is 10.5. The fraction of sp³-hybridized carbons (Fsp3) is 0.375. The van der Waals surface area contributed by atoms with Crippen molar-refractivity contribution in [1.29, 1.82) is 0 Å². The minimum absolute atomic E-state index is 0.0146. The van der Waals surface area contributed by atoms with E-state index < -0.39 is 22.4 Å². The van der Waals surface area contributed by atoms with Gasteiger partial charge in [-0.2, -0.15) is 0 Å². The quantitative estimate of drug-likeness (QED) is 0.449. The Hall–Kier alpha value is -3.55. The predicted octanol–water partition coefficient (Wildman–Crippen LogP) is 5.15. The van der Waals surface area contributed by atoms with Crippen molar-refractivity contribution >= 4 is 22.8 Å². The molecule has 0 unspecified atom stereocenters. The number of nitro benzene ring substituents is 1. The lowest BCUT2D eigenvalue weighted by atomic mass is 9.73. The molecule has 0 fully saturated rings. The highest BCUT2D eigenvalue weighted by molar-refractivity contribution is 6.01. The minimum Gasteiger partial charge on any atom is -0.500 e. The topological polar surface area (TPSA) is 114 Å². The number of nitrogens with zero attached hydrogens (tertiary/aromatic N) is 1. The van der Waals surface area contributed by atoms with Gasteiger partial charge >= 0.3 is 5.69 Å². The number of carbonyl (C=O) groups is 1. The van der Waals surface area contributed by atoms with Crippen LogP contribution in [0.3, 0.4) is 0 Å². The molecule has 1 heterocycles. The lowest BCUT2D eigenvalue weighted by Crippen LogP contribution is -2.31. The third-order valence-electron chi connectivity index (χ3n) is 6.26. The number of rotatable bonds is 3. The zero-order chi connectivity index (χ0) is 23.4. The fourth-order valence-electron chi connectivity index (χ4n) is 4.54. The molecular weight excluding hydrogens is 410 g/mol. The molecule has 2 aliphatic rings. The maximum absolute atomic E-state index is 13.4. The van der Waals surface area contributed by atoms with E-state index in [2.05, 4.69) is 24.5 Å². The molecule has 8 nitrogen and oxygen atoms in total. The van der Waals surface area contributed by atoms with Crippen LogP contribution in [0.25, 0.3) is 0 Å².